The Kier molecular flexibility index (Phi) is 5.98. The van der Waals surface area contributed by atoms with Gasteiger partial charge in [0.15, 0.2) is 0 Å². The van der Waals surface area contributed by atoms with Gasteiger partial charge in [-0.15, -0.1) is 11.3 Å². The number of methoxy groups -OCH3 is 1. The van der Waals surface area contributed by atoms with Gasteiger partial charge in [0, 0.05) is 0 Å². The molecule has 0 spiro atoms. The Balaban J connectivity index is 2.15. The summed E-state index contributed by atoms with van der Waals surface area (Å²) in [5.74, 6) is 0.0274. The van der Waals surface area contributed by atoms with Crippen LogP contribution >= 0.6 is 11.3 Å². The zero-order valence-electron chi connectivity index (χ0n) is 14.3. The number of carbonyl (C=O) groups is 2. The first-order valence-corrected chi connectivity index (χ1v) is 8.60. The van der Waals surface area contributed by atoms with Crippen LogP contribution in [0.4, 0.5) is 5.69 Å². The molecular formula is C18H22N2O3S. The predicted molar refractivity (Wildman–Crippen MR) is 96.8 cm³/mol. The average Bonchev–Trinajstić information content (AvgIpc) is 3.06. The van der Waals surface area contributed by atoms with Crippen LogP contribution in [0.25, 0.3) is 0 Å². The van der Waals surface area contributed by atoms with Crippen molar-refractivity contribution >= 4 is 28.8 Å². The lowest BCUT2D eigenvalue weighted by Crippen LogP contribution is -2.47. The Morgan fingerprint density at radius 1 is 1.21 bits per heavy atom. The second-order valence-corrected chi connectivity index (χ2v) is 6.81. The van der Waals surface area contributed by atoms with E-state index in [4.69, 9.17) is 4.74 Å². The number of rotatable bonds is 6. The van der Waals surface area contributed by atoms with Crippen LogP contribution in [0.5, 0.6) is 5.75 Å². The van der Waals surface area contributed by atoms with Crippen LogP contribution in [0.2, 0.25) is 0 Å². The van der Waals surface area contributed by atoms with E-state index in [1.54, 1.807) is 19.2 Å². The molecule has 1 unspecified atom stereocenters. The first-order valence-electron chi connectivity index (χ1n) is 7.72. The topological polar surface area (TPSA) is 67.4 Å². The summed E-state index contributed by atoms with van der Waals surface area (Å²) in [5.41, 5.74) is 1.60. The molecule has 0 aliphatic rings. The van der Waals surface area contributed by atoms with Crippen LogP contribution in [-0.2, 0) is 4.79 Å². The number of hydrogen-bond acceptors (Lipinski definition) is 4. The highest BCUT2D eigenvalue weighted by Crippen LogP contribution is 2.25. The maximum Gasteiger partial charge on any atom is 0.262 e. The molecule has 1 aromatic carbocycles. The summed E-state index contributed by atoms with van der Waals surface area (Å²) >= 11 is 1.34. The van der Waals surface area contributed by atoms with E-state index in [-0.39, 0.29) is 17.7 Å². The van der Waals surface area contributed by atoms with Crippen molar-refractivity contribution in [1.29, 1.82) is 0 Å². The molecule has 0 saturated carbocycles. The summed E-state index contributed by atoms with van der Waals surface area (Å²) in [7, 11) is 1.55. The number of aryl methyl sites for hydroxylation is 1. The predicted octanol–water partition coefficient (Wildman–Crippen LogP) is 3.46. The highest BCUT2D eigenvalue weighted by molar-refractivity contribution is 7.12. The molecule has 6 heteroatoms. The van der Waals surface area contributed by atoms with Crippen LogP contribution in [0.3, 0.4) is 0 Å². The van der Waals surface area contributed by atoms with E-state index in [2.05, 4.69) is 10.6 Å². The second kappa shape index (κ2) is 7.97. The molecule has 0 fully saturated rings. The number of hydrogen-bond donors (Lipinski definition) is 2. The van der Waals surface area contributed by atoms with Gasteiger partial charge in [0.25, 0.3) is 5.91 Å². The van der Waals surface area contributed by atoms with E-state index in [0.29, 0.717) is 16.3 Å². The molecule has 0 bridgehead atoms. The Labute approximate surface area is 146 Å². The smallest absolute Gasteiger partial charge is 0.262 e. The van der Waals surface area contributed by atoms with E-state index < -0.39 is 6.04 Å². The molecule has 5 nitrogen and oxygen atoms in total. The SMILES string of the molecule is COc1ccc(C)cc1NC(=O)C(NC(=O)c1cccs1)C(C)C. The Morgan fingerprint density at radius 2 is 1.96 bits per heavy atom. The van der Waals surface area contributed by atoms with Gasteiger partial charge in [-0.25, -0.2) is 0 Å². The summed E-state index contributed by atoms with van der Waals surface area (Å²) in [5, 5.41) is 7.50. The summed E-state index contributed by atoms with van der Waals surface area (Å²) in [6.45, 7) is 5.73. The van der Waals surface area contributed by atoms with Gasteiger partial charge in [-0.05, 0) is 42.0 Å². The molecule has 0 aliphatic carbocycles. The molecule has 24 heavy (non-hydrogen) atoms. The van der Waals surface area contributed by atoms with Crippen LogP contribution in [0, 0.1) is 12.8 Å². The lowest BCUT2D eigenvalue weighted by Gasteiger charge is -2.22. The van der Waals surface area contributed by atoms with E-state index >= 15 is 0 Å². The molecule has 1 heterocycles. The third-order valence-electron chi connectivity index (χ3n) is 3.59. The largest absolute Gasteiger partial charge is 0.495 e. The highest BCUT2D eigenvalue weighted by Gasteiger charge is 2.25. The first-order chi connectivity index (χ1) is 11.4. The molecule has 2 amide bonds. The van der Waals surface area contributed by atoms with Gasteiger partial charge in [-0.3, -0.25) is 9.59 Å². The van der Waals surface area contributed by atoms with Crippen LogP contribution < -0.4 is 15.4 Å². The quantitative estimate of drug-likeness (QED) is 0.842. The van der Waals surface area contributed by atoms with E-state index in [0.717, 1.165) is 5.56 Å². The van der Waals surface area contributed by atoms with Gasteiger partial charge in [0.1, 0.15) is 11.8 Å². The average molecular weight is 346 g/mol. The number of nitrogens with one attached hydrogen (secondary N) is 2. The fourth-order valence-corrected chi connectivity index (χ4v) is 2.91. The van der Waals surface area contributed by atoms with Crippen molar-refractivity contribution in [3.63, 3.8) is 0 Å². The number of ether oxygens (including phenoxy) is 1. The molecule has 2 rings (SSSR count). The molecule has 1 atom stereocenters. The Bertz CT molecular complexity index is 711. The number of benzene rings is 1. The van der Waals surface area contributed by atoms with Crippen LogP contribution in [0.15, 0.2) is 35.7 Å². The van der Waals surface area contributed by atoms with Crippen molar-refractivity contribution in [2.45, 2.75) is 26.8 Å². The minimum Gasteiger partial charge on any atom is -0.495 e. The third kappa shape index (κ3) is 4.35. The summed E-state index contributed by atoms with van der Waals surface area (Å²) in [4.78, 5) is 25.5. The second-order valence-electron chi connectivity index (χ2n) is 5.87. The Morgan fingerprint density at radius 3 is 2.54 bits per heavy atom. The maximum atomic E-state index is 12.7. The number of amides is 2. The van der Waals surface area contributed by atoms with E-state index in [9.17, 15) is 9.59 Å². The molecule has 0 saturated heterocycles. The minimum absolute atomic E-state index is 0.0512. The van der Waals surface area contributed by atoms with Crippen molar-refractivity contribution in [3.05, 3.63) is 46.2 Å². The minimum atomic E-state index is -0.634. The fourth-order valence-electron chi connectivity index (χ4n) is 2.29. The number of carbonyl (C=O) groups excluding carboxylic acids is 2. The molecule has 0 radical (unpaired) electrons. The third-order valence-corrected chi connectivity index (χ3v) is 4.46. The summed E-state index contributed by atoms with van der Waals surface area (Å²) < 4.78 is 5.28. The number of anilines is 1. The van der Waals surface area contributed by atoms with Gasteiger partial charge in [0.05, 0.1) is 17.7 Å². The monoisotopic (exact) mass is 346 g/mol. The van der Waals surface area contributed by atoms with Crippen molar-refractivity contribution in [2.75, 3.05) is 12.4 Å². The normalized spacial score (nSPS) is 11.9. The first kappa shape index (κ1) is 18.0. The van der Waals surface area contributed by atoms with Gasteiger partial charge in [-0.1, -0.05) is 26.0 Å². The molecule has 2 aromatic rings. The van der Waals surface area contributed by atoms with E-state index in [1.807, 2.05) is 44.4 Å². The summed E-state index contributed by atoms with van der Waals surface area (Å²) in [6, 6.07) is 8.47. The lowest BCUT2D eigenvalue weighted by atomic mass is 10.0. The number of thiophene rings is 1. The van der Waals surface area contributed by atoms with Crippen molar-refractivity contribution in [3.8, 4) is 5.75 Å². The molecule has 1 aromatic heterocycles. The maximum absolute atomic E-state index is 12.7. The van der Waals surface area contributed by atoms with Gasteiger partial charge >= 0.3 is 0 Å². The standard InChI is InChI=1S/C18H22N2O3S/c1-11(2)16(20-17(21)15-6-5-9-24-15)18(22)19-13-10-12(3)7-8-14(13)23-4/h5-11,16H,1-4H3,(H,19,22)(H,20,21). The summed E-state index contributed by atoms with van der Waals surface area (Å²) in [6.07, 6.45) is 0. The van der Waals surface area contributed by atoms with Crippen molar-refractivity contribution in [1.82, 2.24) is 5.32 Å². The van der Waals surface area contributed by atoms with Crippen molar-refractivity contribution in [2.24, 2.45) is 5.92 Å². The molecular weight excluding hydrogens is 324 g/mol. The van der Waals surface area contributed by atoms with Gasteiger partial charge in [-0.2, -0.15) is 0 Å². The zero-order valence-corrected chi connectivity index (χ0v) is 15.1. The molecule has 0 aliphatic heterocycles. The van der Waals surface area contributed by atoms with Gasteiger partial charge < -0.3 is 15.4 Å². The van der Waals surface area contributed by atoms with Gasteiger partial charge in [0.2, 0.25) is 5.91 Å². The fraction of sp³-hybridized carbons (Fsp3) is 0.333. The lowest BCUT2D eigenvalue weighted by molar-refractivity contribution is -0.118. The van der Waals surface area contributed by atoms with E-state index in [1.165, 1.54) is 11.3 Å². The van der Waals surface area contributed by atoms with Crippen LogP contribution in [0.1, 0.15) is 29.1 Å². The van der Waals surface area contributed by atoms with Crippen molar-refractivity contribution < 1.29 is 14.3 Å². The zero-order chi connectivity index (χ0) is 17.7. The highest BCUT2D eigenvalue weighted by atomic mass is 32.1. The Hall–Kier alpha value is -2.34. The molecule has 128 valence electrons. The van der Waals surface area contributed by atoms with Crippen LogP contribution in [-0.4, -0.2) is 25.0 Å². The molecule has 2 N–H and O–H groups in total.